The average Bonchev–Trinajstić information content (AvgIpc) is 2.87. The highest BCUT2D eigenvalue weighted by Gasteiger charge is 2.15. The van der Waals surface area contributed by atoms with Gasteiger partial charge in [-0.15, -0.1) is 0 Å². The Bertz CT molecular complexity index is 960. The van der Waals surface area contributed by atoms with Crippen molar-refractivity contribution in [2.75, 3.05) is 0 Å². The molecular formula is C20H16O. The minimum Gasteiger partial charge on any atom is -0.455 e. The van der Waals surface area contributed by atoms with Crippen LogP contribution in [-0.4, -0.2) is 0 Å². The molecule has 0 fully saturated rings. The lowest BCUT2D eigenvalue weighted by atomic mass is 9.94. The average molecular weight is 272 g/mol. The van der Waals surface area contributed by atoms with Crippen molar-refractivity contribution in [1.29, 1.82) is 0 Å². The standard InChI is InChI=1S/C20H16O/c1-13-7-3-4-8-15(13)19-14(2)11-12-17-16-9-5-6-10-18(16)21-20(17)19/h3-12H,1-2H3. The molecule has 1 nitrogen and oxygen atoms in total. The molecule has 0 aliphatic heterocycles. The third-order valence-electron chi connectivity index (χ3n) is 4.17. The van der Waals surface area contributed by atoms with E-state index in [0.29, 0.717) is 0 Å². The molecule has 0 aliphatic carbocycles. The van der Waals surface area contributed by atoms with E-state index in [4.69, 9.17) is 4.42 Å². The molecule has 0 amide bonds. The number of hydrogen-bond donors (Lipinski definition) is 0. The van der Waals surface area contributed by atoms with Crippen molar-refractivity contribution in [2.24, 2.45) is 0 Å². The van der Waals surface area contributed by atoms with Crippen LogP contribution in [0.1, 0.15) is 11.1 Å². The van der Waals surface area contributed by atoms with Crippen molar-refractivity contribution in [3.8, 4) is 11.1 Å². The number of hydrogen-bond acceptors (Lipinski definition) is 1. The third-order valence-corrected chi connectivity index (χ3v) is 4.17. The maximum Gasteiger partial charge on any atom is 0.143 e. The largest absolute Gasteiger partial charge is 0.455 e. The summed E-state index contributed by atoms with van der Waals surface area (Å²) in [6.07, 6.45) is 0. The SMILES string of the molecule is Cc1ccccc1-c1c(C)ccc2c1oc1ccccc12. The Balaban J connectivity index is 2.18. The van der Waals surface area contributed by atoms with E-state index < -0.39 is 0 Å². The van der Waals surface area contributed by atoms with Crippen LogP contribution in [0.25, 0.3) is 33.1 Å². The topological polar surface area (TPSA) is 13.1 Å². The van der Waals surface area contributed by atoms with Crippen molar-refractivity contribution in [3.05, 3.63) is 71.8 Å². The highest BCUT2D eigenvalue weighted by atomic mass is 16.3. The number of fused-ring (bicyclic) bond motifs is 3. The zero-order valence-electron chi connectivity index (χ0n) is 12.2. The first-order valence-electron chi connectivity index (χ1n) is 7.22. The molecule has 0 unspecified atom stereocenters. The Morgan fingerprint density at radius 2 is 1.43 bits per heavy atom. The van der Waals surface area contributed by atoms with Gasteiger partial charge in [0.25, 0.3) is 0 Å². The van der Waals surface area contributed by atoms with E-state index in [1.165, 1.54) is 33.0 Å². The minimum atomic E-state index is 0.952. The molecule has 0 aliphatic rings. The summed E-state index contributed by atoms with van der Waals surface area (Å²) in [4.78, 5) is 0. The van der Waals surface area contributed by atoms with E-state index >= 15 is 0 Å². The van der Waals surface area contributed by atoms with Crippen LogP contribution in [0.3, 0.4) is 0 Å². The second-order valence-electron chi connectivity index (χ2n) is 5.55. The molecule has 1 aromatic heterocycles. The summed E-state index contributed by atoms with van der Waals surface area (Å²) in [5, 5.41) is 2.37. The number of rotatable bonds is 1. The van der Waals surface area contributed by atoms with Gasteiger partial charge in [0.1, 0.15) is 11.2 Å². The molecule has 0 saturated heterocycles. The quantitative estimate of drug-likeness (QED) is 0.422. The molecule has 1 heteroatoms. The molecule has 0 bridgehead atoms. The fraction of sp³-hybridized carbons (Fsp3) is 0.100. The number of benzene rings is 3. The number of furan rings is 1. The van der Waals surface area contributed by atoms with Gasteiger partial charge in [-0.2, -0.15) is 0 Å². The van der Waals surface area contributed by atoms with Gasteiger partial charge in [0, 0.05) is 16.3 Å². The fourth-order valence-electron chi connectivity index (χ4n) is 3.08. The van der Waals surface area contributed by atoms with Gasteiger partial charge >= 0.3 is 0 Å². The minimum absolute atomic E-state index is 0.952. The van der Waals surface area contributed by atoms with Gasteiger partial charge in [-0.1, -0.05) is 54.6 Å². The maximum absolute atomic E-state index is 6.17. The van der Waals surface area contributed by atoms with Crippen LogP contribution < -0.4 is 0 Å². The first-order valence-corrected chi connectivity index (χ1v) is 7.22. The Morgan fingerprint density at radius 1 is 0.667 bits per heavy atom. The van der Waals surface area contributed by atoms with Crippen LogP contribution in [-0.2, 0) is 0 Å². The van der Waals surface area contributed by atoms with E-state index in [0.717, 1.165) is 11.2 Å². The highest BCUT2D eigenvalue weighted by Crippen LogP contribution is 2.38. The molecule has 4 rings (SSSR count). The molecule has 102 valence electrons. The van der Waals surface area contributed by atoms with Crippen molar-refractivity contribution < 1.29 is 4.42 Å². The molecule has 3 aromatic carbocycles. The van der Waals surface area contributed by atoms with E-state index in [-0.39, 0.29) is 0 Å². The lowest BCUT2D eigenvalue weighted by Gasteiger charge is -2.09. The smallest absolute Gasteiger partial charge is 0.143 e. The highest BCUT2D eigenvalue weighted by molar-refractivity contribution is 6.10. The molecule has 21 heavy (non-hydrogen) atoms. The Labute approximate surface area is 123 Å². The van der Waals surface area contributed by atoms with Gasteiger partial charge in [0.2, 0.25) is 0 Å². The van der Waals surface area contributed by atoms with E-state index in [1.54, 1.807) is 0 Å². The first-order chi connectivity index (χ1) is 10.3. The summed E-state index contributed by atoms with van der Waals surface area (Å²) in [6.45, 7) is 4.30. The van der Waals surface area contributed by atoms with E-state index in [9.17, 15) is 0 Å². The van der Waals surface area contributed by atoms with Crippen LogP contribution >= 0.6 is 0 Å². The lowest BCUT2D eigenvalue weighted by Crippen LogP contribution is -1.87. The normalized spacial score (nSPS) is 11.3. The summed E-state index contributed by atoms with van der Waals surface area (Å²) in [7, 11) is 0. The molecule has 0 saturated carbocycles. The Morgan fingerprint density at radius 3 is 2.29 bits per heavy atom. The molecule has 0 spiro atoms. The molecule has 0 atom stereocenters. The molecule has 0 N–H and O–H groups in total. The van der Waals surface area contributed by atoms with Crippen LogP contribution in [0.15, 0.2) is 65.1 Å². The van der Waals surface area contributed by atoms with Gasteiger partial charge in [-0.25, -0.2) is 0 Å². The molecular weight excluding hydrogens is 256 g/mol. The van der Waals surface area contributed by atoms with Crippen molar-refractivity contribution in [3.63, 3.8) is 0 Å². The molecule has 1 heterocycles. The van der Waals surface area contributed by atoms with E-state index in [2.05, 4.69) is 62.4 Å². The van der Waals surface area contributed by atoms with Crippen LogP contribution in [0.2, 0.25) is 0 Å². The summed E-state index contributed by atoms with van der Waals surface area (Å²) in [5.41, 5.74) is 6.92. The zero-order valence-corrected chi connectivity index (χ0v) is 12.2. The van der Waals surface area contributed by atoms with Gasteiger partial charge in [0.05, 0.1) is 0 Å². The van der Waals surface area contributed by atoms with Crippen molar-refractivity contribution in [1.82, 2.24) is 0 Å². The second kappa shape index (κ2) is 4.49. The van der Waals surface area contributed by atoms with Gasteiger partial charge in [0.15, 0.2) is 0 Å². The van der Waals surface area contributed by atoms with E-state index in [1.807, 2.05) is 12.1 Å². The Hall–Kier alpha value is -2.54. The summed E-state index contributed by atoms with van der Waals surface area (Å²) < 4.78 is 6.17. The lowest BCUT2D eigenvalue weighted by molar-refractivity contribution is 0.669. The van der Waals surface area contributed by atoms with Gasteiger partial charge < -0.3 is 4.42 Å². The fourth-order valence-corrected chi connectivity index (χ4v) is 3.08. The second-order valence-corrected chi connectivity index (χ2v) is 5.55. The zero-order chi connectivity index (χ0) is 14.4. The third kappa shape index (κ3) is 1.78. The first kappa shape index (κ1) is 12.2. The van der Waals surface area contributed by atoms with Crippen LogP contribution in [0.5, 0.6) is 0 Å². The summed E-state index contributed by atoms with van der Waals surface area (Å²) in [6, 6.07) is 21.1. The van der Waals surface area contributed by atoms with Crippen LogP contribution in [0, 0.1) is 13.8 Å². The predicted octanol–water partition coefficient (Wildman–Crippen LogP) is 5.87. The predicted molar refractivity (Wildman–Crippen MR) is 88.6 cm³/mol. The number of aryl methyl sites for hydroxylation is 2. The number of para-hydroxylation sites is 1. The Kier molecular flexibility index (Phi) is 2.61. The van der Waals surface area contributed by atoms with Crippen molar-refractivity contribution in [2.45, 2.75) is 13.8 Å². The summed E-state index contributed by atoms with van der Waals surface area (Å²) in [5.74, 6) is 0. The van der Waals surface area contributed by atoms with Crippen molar-refractivity contribution >= 4 is 21.9 Å². The summed E-state index contributed by atoms with van der Waals surface area (Å²) >= 11 is 0. The molecule has 0 radical (unpaired) electrons. The van der Waals surface area contributed by atoms with Gasteiger partial charge in [-0.3, -0.25) is 0 Å². The van der Waals surface area contributed by atoms with Gasteiger partial charge in [-0.05, 0) is 36.6 Å². The van der Waals surface area contributed by atoms with Crippen LogP contribution in [0.4, 0.5) is 0 Å². The maximum atomic E-state index is 6.17. The monoisotopic (exact) mass is 272 g/mol. The molecule has 4 aromatic rings.